The average molecular weight is 357 g/mol. The Labute approximate surface area is 138 Å². The van der Waals surface area contributed by atoms with Crippen molar-refractivity contribution in [3.63, 3.8) is 0 Å². The normalized spacial score (nSPS) is 12.0. The van der Waals surface area contributed by atoms with Gasteiger partial charge in [0.1, 0.15) is 12.4 Å². The number of hydrogen-bond donors (Lipinski definition) is 1. The molecule has 0 aliphatic rings. The van der Waals surface area contributed by atoms with Crippen molar-refractivity contribution in [3.05, 3.63) is 28.2 Å². The van der Waals surface area contributed by atoms with Crippen molar-refractivity contribution in [2.45, 2.75) is 46.7 Å². The molecule has 0 unspecified atom stereocenters. The molecular formula is C17H29BrN2O. The van der Waals surface area contributed by atoms with Gasteiger partial charge in [-0.05, 0) is 57.6 Å². The molecule has 1 N–H and O–H groups in total. The largest absolute Gasteiger partial charge is 0.492 e. The van der Waals surface area contributed by atoms with Gasteiger partial charge in [-0.25, -0.2) is 0 Å². The van der Waals surface area contributed by atoms with E-state index in [9.17, 15) is 0 Å². The molecule has 0 aliphatic carbocycles. The summed E-state index contributed by atoms with van der Waals surface area (Å²) in [5, 5.41) is 3.51. The summed E-state index contributed by atoms with van der Waals surface area (Å²) in [7, 11) is 0. The van der Waals surface area contributed by atoms with Crippen LogP contribution in [0.4, 0.5) is 0 Å². The zero-order chi connectivity index (χ0) is 15.9. The highest BCUT2D eigenvalue weighted by molar-refractivity contribution is 9.10. The minimum atomic E-state index is 0.110. The first kappa shape index (κ1) is 18.5. The van der Waals surface area contributed by atoms with Gasteiger partial charge in [-0.2, -0.15) is 0 Å². The topological polar surface area (TPSA) is 24.5 Å². The Kier molecular flexibility index (Phi) is 7.71. The van der Waals surface area contributed by atoms with E-state index in [4.69, 9.17) is 4.74 Å². The van der Waals surface area contributed by atoms with Crippen LogP contribution in [0.3, 0.4) is 0 Å². The lowest BCUT2D eigenvalue weighted by Crippen LogP contribution is -2.35. The Morgan fingerprint density at radius 1 is 1.19 bits per heavy atom. The average Bonchev–Trinajstić information content (AvgIpc) is 2.43. The third-order valence-corrected chi connectivity index (χ3v) is 4.17. The monoisotopic (exact) mass is 356 g/mol. The summed E-state index contributed by atoms with van der Waals surface area (Å²) in [6.45, 7) is 15.5. The molecule has 21 heavy (non-hydrogen) atoms. The number of likely N-dealkylation sites (N-methyl/N-ethyl adjacent to an activating group) is 1. The van der Waals surface area contributed by atoms with Crippen LogP contribution in [0.2, 0.25) is 0 Å². The van der Waals surface area contributed by atoms with E-state index in [1.165, 1.54) is 5.56 Å². The van der Waals surface area contributed by atoms with Crippen LogP contribution in [0, 0.1) is 0 Å². The summed E-state index contributed by atoms with van der Waals surface area (Å²) in [5.74, 6) is 0.941. The molecule has 0 heterocycles. The lowest BCUT2D eigenvalue weighted by Gasteiger charge is -2.21. The number of rotatable bonds is 8. The van der Waals surface area contributed by atoms with Crippen LogP contribution in [0.15, 0.2) is 22.7 Å². The molecular weight excluding hydrogens is 328 g/mol. The zero-order valence-electron chi connectivity index (χ0n) is 14.0. The van der Waals surface area contributed by atoms with Gasteiger partial charge < -0.3 is 15.0 Å². The second-order valence-corrected chi connectivity index (χ2v) is 7.09. The fourth-order valence-corrected chi connectivity index (χ4v) is 2.36. The van der Waals surface area contributed by atoms with Crippen molar-refractivity contribution in [1.82, 2.24) is 10.2 Å². The van der Waals surface area contributed by atoms with Crippen LogP contribution in [0.5, 0.6) is 5.75 Å². The lowest BCUT2D eigenvalue weighted by atomic mass is 10.1. The van der Waals surface area contributed by atoms with Crippen LogP contribution < -0.4 is 10.1 Å². The highest BCUT2D eigenvalue weighted by Crippen LogP contribution is 2.23. The maximum Gasteiger partial charge on any atom is 0.119 e. The Morgan fingerprint density at radius 3 is 2.43 bits per heavy atom. The maximum atomic E-state index is 5.88. The first-order chi connectivity index (χ1) is 9.85. The second-order valence-electron chi connectivity index (χ2n) is 6.23. The Bertz CT molecular complexity index is 425. The number of ether oxygens (including phenoxy) is 1. The summed E-state index contributed by atoms with van der Waals surface area (Å²) in [5.41, 5.74) is 1.34. The lowest BCUT2D eigenvalue weighted by molar-refractivity contribution is 0.222. The number of nitrogens with zero attached hydrogens (tertiary/aromatic N) is 1. The van der Waals surface area contributed by atoms with E-state index >= 15 is 0 Å². The molecule has 0 bridgehead atoms. The molecule has 0 aromatic heterocycles. The fourth-order valence-electron chi connectivity index (χ4n) is 1.97. The van der Waals surface area contributed by atoms with Gasteiger partial charge in [0.15, 0.2) is 0 Å². The standard InChI is InChI=1S/C17H29BrN2O/c1-6-20(7-2)10-11-21-15-8-9-16(18)14(12-15)13-19-17(3,4)5/h8-9,12,19H,6-7,10-11,13H2,1-5H3. The predicted molar refractivity (Wildman–Crippen MR) is 94.0 cm³/mol. The Morgan fingerprint density at radius 2 is 1.86 bits per heavy atom. The maximum absolute atomic E-state index is 5.88. The molecule has 120 valence electrons. The number of hydrogen-bond acceptors (Lipinski definition) is 3. The quantitative estimate of drug-likeness (QED) is 0.759. The van der Waals surface area contributed by atoms with Gasteiger partial charge in [0.05, 0.1) is 0 Å². The number of benzene rings is 1. The van der Waals surface area contributed by atoms with Crippen LogP contribution >= 0.6 is 15.9 Å². The van der Waals surface area contributed by atoms with E-state index in [-0.39, 0.29) is 5.54 Å². The van der Waals surface area contributed by atoms with Crippen molar-refractivity contribution in [2.75, 3.05) is 26.2 Å². The van der Waals surface area contributed by atoms with Gasteiger partial charge in [0, 0.05) is 23.1 Å². The first-order valence-corrected chi connectivity index (χ1v) is 8.53. The van der Waals surface area contributed by atoms with E-state index in [0.29, 0.717) is 0 Å². The zero-order valence-corrected chi connectivity index (χ0v) is 15.6. The summed E-state index contributed by atoms with van der Waals surface area (Å²) in [6, 6.07) is 6.20. The fraction of sp³-hybridized carbons (Fsp3) is 0.647. The van der Waals surface area contributed by atoms with Gasteiger partial charge in [-0.1, -0.05) is 29.8 Å². The first-order valence-electron chi connectivity index (χ1n) is 7.74. The Hall–Kier alpha value is -0.580. The van der Waals surface area contributed by atoms with E-state index in [0.717, 1.165) is 43.0 Å². The van der Waals surface area contributed by atoms with Gasteiger partial charge in [0.25, 0.3) is 0 Å². The van der Waals surface area contributed by atoms with Crippen molar-refractivity contribution < 1.29 is 4.74 Å². The molecule has 0 saturated carbocycles. The van der Waals surface area contributed by atoms with Crippen LogP contribution in [-0.2, 0) is 6.54 Å². The third-order valence-electron chi connectivity index (χ3n) is 3.40. The molecule has 0 spiro atoms. The van der Waals surface area contributed by atoms with E-state index in [2.05, 4.69) is 72.9 Å². The van der Waals surface area contributed by atoms with Crippen LogP contribution in [0.1, 0.15) is 40.2 Å². The third kappa shape index (κ3) is 7.30. The van der Waals surface area contributed by atoms with Crippen molar-refractivity contribution in [3.8, 4) is 5.75 Å². The molecule has 0 fully saturated rings. The van der Waals surface area contributed by atoms with Crippen LogP contribution in [-0.4, -0.2) is 36.7 Å². The molecule has 0 amide bonds. The smallest absolute Gasteiger partial charge is 0.119 e. The van der Waals surface area contributed by atoms with Gasteiger partial charge in [0.2, 0.25) is 0 Å². The molecule has 0 aliphatic heterocycles. The summed E-state index contributed by atoms with van der Waals surface area (Å²) >= 11 is 3.61. The predicted octanol–water partition coefficient (Wildman–Crippen LogP) is 4.06. The minimum absolute atomic E-state index is 0.110. The summed E-state index contributed by atoms with van der Waals surface area (Å²) in [4.78, 5) is 2.36. The summed E-state index contributed by atoms with van der Waals surface area (Å²) < 4.78 is 7.00. The highest BCUT2D eigenvalue weighted by atomic mass is 79.9. The van der Waals surface area contributed by atoms with Crippen LogP contribution in [0.25, 0.3) is 0 Å². The van der Waals surface area contributed by atoms with E-state index < -0.39 is 0 Å². The minimum Gasteiger partial charge on any atom is -0.492 e. The van der Waals surface area contributed by atoms with E-state index in [1.807, 2.05) is 6.07 Å². The highest BCUT2D eigenvalue weighted by Gasteiger charge is 2.10. The molecule has 0 radical (unpaired) electrons. The van der Waals surface area contributed by atoms with Gasteiger partial charge in [-0.15, -0.1) is 0 Å². The van der Waals surface area contributed by atoms with Gasteiger partial charge >= 0.3 is 0 Å². The SMILES string of the molecule is CCN(CC)CCOc1ccc(Br)c(CNC(C)(C)C)c1. The Balaban J connectivity index is 2.56. The van der Waals surface area contributed by atoms with Crippen molar-refractivity contribution in [1.29, 1.82) is 0 Å². The summed E-state index contributed by atoms with van der Waals surface area (Å²) in [6.07, 6.45) is 0. The molecule has 1 rings (SSSR count). The second kappa shape index (κ2) is 8.76. The molecule has 0 saturated heterocycles. The number of nitrogens with one attached hydrogen (secondary N) is 1. The molecule has 0 atom stereocenters. The van der Waals surface area contributed by atoms with Gasteiger partial charge in [-0.3, -0.25) is 0 Å². The van der Waals surface area contributed by atoms with Crippen molar-refractivity contribution >= 4 is 15.9 Å². The molecule has 1 aromatic rings. The molecule has 4 heteroatoms. The van der Waals surface area contributed by atoms with E-state index in [1.54, 1.807) is 0 Å². The molecule has 1 aromatic carbocycles. The molecule has 3 nitrogen and oxygen atoms in total. The van der Waals surface area contributed by atoms with Crippen molar-refractivity contribution in [2.24, 2.45) is 0 Å². The number of halogens is 1.